The Bertz CT molecular complexity index is 615. The molecular weight excluding hydrogens is 316 g/mol. The van der Waals surface area contributed by atoms with Crippen molar-refractivity contribution < 1.29 is 33.4 Å². The molecule has 1 aliphatic heterocycles. The van der Waals surface area contributed by atoms with E-state index in [1.165, 1.54) is 0 Å². The first-order valence-electron chi connectivity index (χ1n) is 8.23. The molecule has 3 atom stereocenters. The molecule has 0 bridgehead atoms. The third-order valence-corrected chi connectivity index (χ3v) is 5.16. The van der Waals surface area contributed by atoms with E-state index < -0.39 is 41.1 Å². The number of fused-ring (bicyclic) bond motifs is 3. The molecule has 0 amide bonds. The lowest BCUT2D eigenvalue weighted by molar-refractivity contribution is -0.172. The summed E-state index contributed by atoms with van der Waals surface area (Å²) in [7, 11) is 0. The van der Waals surface area contributed by atoms with Crippen molar-refractivity contribution >= 4 is 23.9 Å². The van der Waals surface area contributed by atoms with Crippen LogP contribution in [0.25, 0.3) is 0 Å². The first-order valence-corrected chi connectivity index (χ1v) is 8.23. The van der Waals surface area contributed by atoms with Gasteiger partial charge in [0.15, 0.2) is 5.41 Å². The molecule has 3 aliphatic rings. The number of cyclic esters (lactones) is 2. The van der Waals surface area contributed by atoms with Gasteiger partial charge in [-0.2, -0.15) is 0 Å². The molecule has 0 N–H and O–H groups in total. The van der Waals surface area contributed by atoms with Crippen molar-refractivity contribution in [3.8, 4) is 0 Å². The maximum atomic E-state index is 12.5. The second-order valence-electron chi connectivity index (χ2n) is 6.40. The van der Waals surface area contributed by atoms with Crippen molar-refractivity contribution in [2.45, 2.75) is 33.1 Å². The van der Waals surface area contributed by atoms with Gasteiger partial charge in [0.05, 0.1) is 25.0 Å². The molecule has 3 rings (SSSR count). The molecule has 24 heavy (non-hydrogen) atoms. The summed E-state index contributed by atoms with van der Waals surface area (Å²) in [5, 5.41) is 0. The van der Waals surface area contributed by atoms with Gasteiger partial charge in [-0.3, -0.25) is 19.2 Å². The SMILES string of the molecule is CCOC(=O)C1(C(=O)OCC)CC2=CC[C@@H]3C(=O)OC(=O)[C@@H]3[C@@H]2C1. The average Bonchev–Trinajstić information content (AvgIpc) is 3.07. The van der Waals surface area contributed by atoms with Crippen molar-refractivity contribution in [2.24, 2.45) is 23.2 Å². The zero-order valence-electron chi connectivity index (χ0n) is 13.7. The molecule has 2 aliphatic carbocycles. The molecular formula is C17H20O7. The molecule has 1 saturated carbocycles. The lowest BCUT2D eigenvalue weighted by Crippen LogP contribution is -2.40. The fourth-order valence-electron chi connectivity index (χ4n) is 4.09. The van der Waals surface area contributed by atoms with E-state index >= 15 is 0 Å². The van der Waals surface area contributed by atoms with E-state index in [1.54, 1.807) is 13.8 Å². The van der Waals surface area contributed by atoms with Crippen LogP contribution in [-0.2, 0) is 33.4 Å². The lowest BCUT2D eigenvalue weighted by Gasteiger charge is -2.26. The van der Waals surface area contributed by atoms with Crippen LogP contribution in [0.15, 0.2) is 11.6 Å². The molecule has 0 unspecified atom stereocenters. The summed E-state index contributed by atoms with van der Waals surface area (Å²) in [5.74, 6) is -3.86. The Morgan fingerprint density at radius 2 is 1.75 bits per heavy atom. The molecule has 130 valence electrons. The highest BCUT2D eigenvalue weighted by atomic mass is 16.6. The van der Waals surface area contributed by atoms with Crippen molar-refractivity contribution in [2.75, 3.05) is 13.2 Å². The Morgan fingerprint density at radius 3 is 2.33 bits per heavy atom. The van der Waals surface area contributed by atoms with Gasteiger partial charge in [-0.15, -0.1) is 0 Å². The average molecular weight is 336 g/mol. The zero-order chi connectivity index (χ0) is 17.5. The first kappa shape index (κ1) is 16.7. The minimum Gasteiger partial charge on any atom is -0.465 e. The molecule has 0 radical (unpaired) electrons. The molecule has 7 nitrogen and oxygen atoms in total. The smallest absolute Gasteiger partial charge is 0.323 e. The third kappa shape index (κ3) is 2.34. The van der Waals surface area contributed by atoms with Gasteiger partial charge in [0.25, 0.3) is 0 Å². The van der Waals surface area contributed by atoms with Crippen LogP contribution in [0, 0.1) is 23.2 Å². The Balaban J connectivity index is 1.95. The maximum absolute atomic E-state index is 12.5. The highest BCUT2D eigenvalue weighted by Gasteiger charge is 2.62. The number of ether oxygens (including phenoxy) is 3. The van der Waals surface area contributed by atoms with Gasteiger partial charge < -0.3 is 14.2 Å². The van der Waals surface area contributed by atoms with Gasteiger partial charge >= 0.3 is 23.9 Å². The largest absolute Gasteiger partial charge is 0.465 e. The number of allylic oxidation sites excluding steroid dienone is 2. The fourth-order valence-corrected chi connectivity index (χ4v) is 4.09. The maximum Gasteiger partial charge on any atom is 0.323 e. The van der Waals surface area contributed by atoms with Crippen LogP contribution in [0.2, 0.25) is 0 Å². The van der Waals surface area contributed by atoms with Gasteiger partial charge in [-0.1, -0.05) is 11.6 Å². The van der Waals surface area contributed by atoms with Crippen LogP contribution in [0.4, 0.5) is 0 Å². The topological polar surface area (TPSA) is 96.0 Å². The zero-order valence-corrected chi connectivity index (χ0v) is 13.7. The summed E-state index contributed by atoms with van der Waals surface area (Å²) in [6, 6.07) is 0. The molecule has 0 aromatic carbocycles. The molecule has 7 heteroatoms. The number of carbonyl (C=O) groups excluding carboxylic acids is 4. The van der Waals surface area contributed by atoms with Crippen LogP contribution in [0.3, 0.4) is 0 Å². The molecule has 1 heterocycles. The fraction of sp³-hybridized carbons (Fsp3) is 0.647. The molecule has 0 aromatic heterocycles. The van der Waals surface area contributed by atoms with Gasteiger partial charge in [-0.25, -0.2) is 0 Å². The summed E-state index contributed by atoms with van der Waals surface area (Å²) in [6.07, 6.45) is 2.52. The van der Waals surface area contributed by atoms with Crippen molar-refractivity contribution in [3.05, 3.63) is 11.6 Å². The van der Waals surface area contributed by atoms with E-state index in [1.807, 2.05) is 6.08 Å². The third-order valence-electron chi connectivity index (χ3n) is 5.16. The standard InChI is InChI=1S/C17H20O7/c1-3-22-15(20)17(16(21)23-4-2)7-9-5-6-10-12(11(9)8-17)14(19)24-13(10)18/h5,10-12H,3-4,6-8H2,1-2H3/t10-,11+,12-/m0/s1. The molecule has 0 spiro atoms. The first-order chi connectivity index (χ1) is 11.4. The van der Waals surface area contributed by atoms with Crippen molar-refractivity contribution in [1.82, 2.24) is 0 Å². The van der Waals surface area contributed by atoms with E-state index in [2.05, 4.69) is 0 Å². The minimum absolute atomic E-state index is 0.111. The van der Waals surface area contributed by atoms with Gasteiger partial charge in [0.1, 0.15) is 0 Å². The quantitative estimate of drug-likeness (QED) is 0.329. The van der Waals surface area contributed by atoms with E-state index in [4.69, 9.17) is 14.2 Å². The minimum atomic E-state index is -1.44. The number of esters is 4. The van der Waals surface area contributed by atoms with Crippen LogP contribution < -0.4 is 0 Å². The van der Waals surface area contributed by atoms with E-state index in [0.717, 1.165) is 5.57 Å². The predicted octanol–water partition coefficient (Wildman–Crippen LogP) is 1.15. The molecule has 1 saturated heterocycles. The van der Waals surface area contributed by atoms with E-state index in [0.29, 0.717) is 6.42 Å². The monoisotopic (exact) mass is 336 g/mol. The number of rotatable bonds is 4. The van der Waals surface area contributed by atoms with Crippen LogP contribution >= 0.6 is 0 Å². The van der Waals surface area contributed by atoms with Gasteiger partial charge in [0, 0.05) is 0 Å². The highest BCUT2D eigenvalue weighted by molar-refractivity contribution is 6.02. The van der Waals surface area contributed by atoms with Gasteiger partial charge in [0.2, 0.25) is 0 Å². The van der Waals surface area contributed by atoms with Crippen molar-refractivity contribution in [3.63, 3.8) is 0 Å². The van der Waals surface area contributed by atoms with Crippen molar-refractivity contribution in [1.29, 1.82) is 0 Å². The number of carbonyl (C=O) groups is 4. The number of hydrogen-bond acceptors (Lipinski definition) is 7. The lowest BCUT2D eigenvalue weighted by atomic mass is 9.73. The summed E-state index contributed by atoms with van der Waals surface area (Å²) in [4.78, 5) is 48.9. The Morgan fingerprint density at radius 1 is 1.12 bits per heavy atom. The molecule has 2 fully saturated rings. The van der Waals surface area contributed by atoms with E-state index in [9.17, 15) is 19.2 Å². The summed E-state index contributed by atoms with van der Waals surface area (Å²) >= 11 is 0. The van der Waals surface area contributed by atoms with E-state index in [-0.39, 0.29) is 32.0 Å². The molecule has 0 aromatic rings. The van der Waals surface area contributed by atoms with Crippen LogP contribution in [0.1, 0.15) is 33.1 Å². The summed E-state index contributed by atoms with van der Waals surface area (Å²) < 4.78 is 15.0. The van der Waals surface area contributed by atoms with Crippen LogP contribution in [0.5, 0.6) is 0 Å². The predicted molar refractivity (Wildman–Crippen MR) is 79.2 cm³/mol. The Hall–Kier alpha value is -2.18. The highest BCUT2D eigenvalue weighted by Crippen LogP contribution is 2.55. The van der Waals surface area contributed by atoms with Gasteiger partial charge in [-0.05, 0) is 39.0 Å². The summed E-state index contributed by atoms with van der Waals surface area (Å²) in [6.45, 7) is 3.63. The second kappa shape index (κ2) is 6.03. The number of hydrogen-bond donors (Lipinski definition) is 0. The Labute approximate surface area is 139 Å². The Kier molecular flexibility index (Phi) is 4.19. The summed E-state index contributed by atoms with van der Waals surface area (Å²) in [5.41, 5.74) is -0.604. The normalized spacial score (nSPS) is 30.1. The second-order valence-corrected chi connectivity index (χ2v) is 6.40. The van der Waals surface area contributed by atoms with Crippen LogP contribution in [-0.4, -0.2) is 37.1 Å².